The van der Waals surface area contributed by atoms with Crippen LogP contribution in [0.2, 0.25) is 5.15 Å². The molecule has 0 aliphatic carbocycles. The highest BCUT2D eigenvalue weighted by Gasteiger charge is 2.22. The van der Waals surface area contributed by atoms with Gasteiger partial charge >= 0.3 is 0 Å². The van der Waals surface area contributed by atoms with Crippen molar-refractivity contribution in [2.75, 3.05) is 13.3 Å². The highest BCUT2D eigenvalue weighted by Crippen LogP contribution is 2.32. The van der Waals surface area contributed by atoms with Gasteiger partial charge in [-0.3, -0.25) is 0 Å². The number of halogens is 1. The van der Waals surface area contributed by atoms with Crippen LogP contribution in [0.4, 0.5) is 0 Å². The van der Waals surface area contributed by atoms with Crippen LogP contribution in [0.15, 0.2) is 29.8 Å². The van der Waals surface area contributed by atoms with Crippen molar-refractivity contribution >= 4 is 22.9 Å². The van der Waals surface area contributed by atoms with Gasteiger partial charge in [0.15, 0.2) is 0 Å². The third kappa shape index (κ3) is 2.96. The van der Waals surface area contributed by atoms with E-state index in [4.69, 9.17) is 16.3 Å². The summed E-state index contributed by atoms with van der Waals surface area (Å²) in [6.07, 6.45) is 3.03. The molecule has 0 unspecified atom stereocenters. The van der Waals surface area contributed by atoms with Gasteiger partial charge in [0.25, 0.3) is 0 Å². The first kappa shape index (κ1) is 13.8. The van der Waals surface area contributed by atoms with Gasteiger partial charge < -0.3 is 9.84 Å². The first-order valence-electron chi connectivity index (χ1n) is 6.48. The summed E-state index contributed by atoms with van der Waals surface area (Å²) in [7, 11) is 0. The Balaban J connectivity index is 1.73. The Morgan fingerprint density at radius 1 is 1.55 bits per heavy atom. The molecular formula is C14H15ClN2O2S. The van der Waals surface area contributed by atoms with Gasteiger partial charge in [-0.1, -0.05) is 17.7 Å². The Morgan fingerprint density at radius 3 is 3.15 bits per heavy atom. The van der Waals surface area contributed by atoms with Gasteiger partial charge in [-0.25, -0.2) is 9.88 Å². The van der Waals surface area contributed by atoms with Crippen molar-refractivity contribution in [1.29, 1.82) is 0 Å². The molecule has 20 heavy (non-hydrogen) atoms. The topological polar surface area (TPSA) is 45.6 Å². The van der Waals surface area contributed by atoms with Gasteiger partial charge in [0.1, 0.15) is 23.9 Å². The lowest BCUT2D eigenvalue weighted by molar-refractivity contribution is -0.00700. The lowest BCUT2D eigenvalue weighted by Gasteiger charge is -2.20. The normalized spacial score (nSPS) is 19.4. The van der Waals surface area contributed by atoms with Crippen LogP contribution in [-0.2, 0) is 0 Å². The molecule has 2 aromatic rings. The highest BCUT2D eigenvalue weighted by atomic mass is 35.5. The number of likely N-dealkylation sites (tertiary alicyclic amines) is 1. The van der Waals surface area contributed by atoms with Gasteiger partial charge in [-0.15, -0.1) is 11.3 Å². The number of hydrogen-bond acceptors (Lipinski definition) is 5. The number of hydrogen-bond donors (Lipinski definition) is 1. The van der Waals surface area contributed by atoms with Crippen molar-refractivity contribution in [3.05, 3.63) is 34.9 Å². The van der Waals surface area contributed by atoms with Crippen molar-refractivity contribution in [3.63, 3.8) is 0 Å². The first-order chi connectivity index (χ1) is 9.74. The number of thiophene rings is 1. The van der Waals surface area contributed by atoms with Crippen molar-refractivity contribution < 1.29 is 9.84 Å². The lowest BCUT2D eigenvalue weighted by Crippen LogP contribution is -2.32. The average Bonchev–Trinajstić information content (AvgIpc) is 3.09. The first-order valence-corrected chi connectivity index (χ1v) is 7.74. The largest absolute Gasteiger partial charge is 0.476 e. The molecule has 2 aromatic heterocycles. The van der Waals surface area contributed by atoms with Crippen molar-refractivity contribution in [2.45, 2.75) is 19.1 Å². The molecule has 1 aliphatic heterocycles. The molecule has 1 atom stereocenters. The molecular weight excluding hydrogens is 296 g/mol. The van der Waals surface area contributed by atoms with Gasteiger partial charge in [-0.2, -0.15) is 0 Å². The molecule has 0 radical (unpaired) electrons. The van der Waals surface area contributed by atoms with E-state index in [2.05, 4.69) is 4.98 Å². The molecule has 1 fully saturated rings. The summed E-state index contributed by atoms with van der Waals surface area (Å²) in [5.74, 6) is 0.664. The van der Waals surface area contributed by atoms with Crippen LogP contribution in [-0.4, -0.2) is 34.5 Å². The van der Waals surface area contributed by atoms with E-state index in [9.17, 15) is 5.11 Å². The van der Waals surface area contributed by atoms with Crippen LogP contribution < -0.4 is 4.74 Å². The van der Waals surface area contributed by atoms with E-state index in [0.29, 0.717) is 17.6 Å². The fourth-order valence-electron chi connectivity index (χ4n) is 2.23. The van der Waals surface area contributed by atoms with E-state index >= 15 is 0 Å². The predicted molar refractivity (Wildman–Crippen MR) is 80.0 cm³/mol. The molecule has 4 nitrogen and oxygen atoms in total. The minimum atomic E-state index is -0.396. The molecule has 3 heterocycles. The van der Waals surface area contributed by atoms with Gasteiger partial charge in [-0.05, 0) is 30.4 Å². The molecule has 0 amide bonds. The minimum absolute atomic E-state index is 0.369. The lowest BCUT2D eigenvalue weighted by atomic mass is 10.2. The fraction of sp³-hybridized carbons (Fsp3) is 0.357. The molecule has 3 rings (SSSR count). The quantitative estimate of drug-likeness (QED) is 0.881. The summed E-state index contributed by atoms with van der Waals surface area (Å²) < 4.78 is 5.70. The SMILES string of the molecule is O[C@H]1CCCN1COc1cnc(Cl)c(-c2cccs2)c1. The molecule has 0 bridgehead atoms. The second-order valence-electron chi connectivity index (χ2n) is 4.70. The minimum Gasteiger partial charge on any atom is -0.476 e. The van der Waals surface area contributed by atoms with E-state index in [1.807, 2.05) is 28.5 Å². The number of ether oxygens (including phenoxy) is 1. The standard InChI is InChI=1S/C14H15ClN2O2S/c15-14-11(12-3-2-6-20-12)7-10(8-16-14)19-9-17-5-1-4-13(17)18/h2-3,6-8,13,18H,1,4-5,9H2/t13-/m0/s1. The summed E-state index contributed by atoms with van der Waals surface area (Å²) in [5, 5.41) is 12.2. The second-order valence-corrected chi connectivity index (χ2v) is 6.00. The van der Waals surface area contributed by atoms with Crippen LogP contribution >= 0.6 is 22.9 Å². The zero-order valence-electron chi connectivity index (χ0n) is 10.8. The van der Waals surface area contributed by atoms with Crippen LogP contribution in [0.3, 0.4) is 0 Å². The number of pyridine rings is 1. The van der Waals surface area contributed by atoms with Crippen LogP contribution in [0.25, 0.3) is 10.4 Å². The molecule has 106 valence electrons. The van der Waals surface area contributed by atoms with Gasteiger partial charge in [0, 0.05) is 17.0 Å². The number of aliphatic hydroxyl groups excluding tert-OH is 1. The van der Waals surface area contributed by atoms with E-state index in [-0.39, 0.29) is 0 Å². The van der Waals surface area contributed by atoms with Crippen molar-refractivity contribution in [1.82, 2.24) is 9.88 Å². The van der Waals surface area contributed by atoms with Crippen molar-refractivity contribution in [3.8, 4) is 16.2 Å². The van der Waals surface area contributed by atoms with Crippen molar-refractivity contribution in [2.24, 2.45) is 0 Å². The Morgan fingerprint density at radius 2 is 2.45 bits per heavy atom. The summed E-state index contributed by atoms with van der Waals surface area (Å²) in [6.45, 7) is 1.23. The molecule has 6 heteroatoms. The monoisotopic (exact) mass is 310 g/mol. The second kappa shape index (κ2) is 6.10. The van der Waals surface area contributed by atoms with Crippen LogP contribution in [0.1, 0.15) is 12.8 Å². The van der Waals surface area contributed by atoms with E-state index < -0.39 is 6.23 Å². The number of rotatable bonds is 4. The van der Waals surface area contributed by atoms with E-state index in [0.717, 1.165) is 29.8 Å². The molecule has 0 aromatic carbocycles. The van der Waals surface area contributed by atoms with Crippen LogP contribution in [0, 0.1) is 0 Å². The zero-order valence-corrected chi connectivity index (χ0v) is 12.4. The third-order valence-electron chi connectivity index (χ3n) is 3.33. The van der Waals surface area contributed by atoms with Crippen LogP contribution in [0.5, 0.6) is 5.75 Å². The maximum absolute atomic E-state index is 9.73. The number of nitrogens with zero attached hydrogens (tertiary/aromatic N) is 2. The number of aromatic nitrogens is 1. The smallest absolute Gasteiger partial charge is 0.144 e. The summed E-state index contributed by atoms with van der Waals surface area (Å²) >= 11 is 7.74. The summed E-state index contributed by atoms with van der Waals surface area (Å²) in [6, 6.07) is 5.87. The number of aliphatic hydroxyl groups is 1. The Labute approximate surface area is 126 Å². The molecule has 0 spiro atoms. The Hall–Kier alpha value is -1.14. The maximum Gasteiger partial charge on any atom is 0.144 e. The average molecular weight is 311 g/mol. The maximum atomic E-state index is 9.73. The Kier molecular flexibility index (Phi) is 4.21. The third-order valence-corrected chi connectivity index (χ3v) is 4.53. The van der Waals surface area contributed by atoms with E-state index in [1.165, 1.54) is 0 Å². The Bertz CT molecular complexity index is 577. The highest BCUT2D eigenvalue weighted by molar-refractivity contribution is 7.13. The molecule has 1 N–H and O–H groups in total. The summed E-state index contributed by atoms with van der Waals surface area (Å²) in [5.41, 5.74) is 0.876. The van der Waals surface area contributed by atoms with Gasteiger partial charge in [0.2, 0.25) is 0 Å². The zero-order chi connectivity index (χ0) is 13.9. The van der Waals surface area contributed by atoms with E-state index in [1.54, 1.807) is 17.5 Å². The summed E-state index contributed by atoms with van der Waals surface area (Å²) in [4.78, 5) is 7.13. The molecule has 0 saturated carbocycles. The fourth-order valence-corrected chi connectivity index (χ4v) is 3.23. The molecule has 1 saturated heterocycles. The predicted octanol–water partition coefficient (Wildman–Crippen LogP) is 3.21. The van der Waals surface area contributed by atoms with Gasteiger partial charge in [0.05, 0.1) is 6.20 Å². The molecule has 1 aliphatic rings.